The summed E-state index contributed by atoms with van der Waals surface area (Å²) in [7, 11) is 0. The van der Waals surface area contributed by atoms with Crippen LogP contribution in [-0.4, -0.2) is 65.2 Å². The molecule has 0 saturated carbocycles. The van der Waals surface area contributed by atoms with Gasteiger partial charge in [-0.2, -0.15) is 26.3 Å². The van der Waals surface area contributed by atoms with E-state index < -0.39 is 23.9 Å². The highest BCUT2D eigenvalue weighted by atomic mass is 19.4. The zero-order valence-corrected chi connectivity index (χ0v) is 20.4. The lowest BCUT2D eigenvalue weighted by Crippen LogP contribution is -2.42. The molecule has 0 bridgehead atoms. The van der Waals surface area contributed by atoms with E-state index in [4.69, 9.17) is 14.6 Å². The molecule has 2 aromatic carbocycles. The fourth-order valence-electron chi connectivity index (χ4n) is 4.50. The molecule has 2 fully saturated rings. The van der Waals surface area contributed by atoms with Crippen molar-refractivity contribution in [2.75, 3.05) is 26.2 Å². The van der Waals surface area contributed by atoms with E-state index >= 15 is 0 Å². The molecule has 0 spiro atoms. The molecule has 1 atom stereocenters. The predicted octanol–water partition coefficient (Wildman–Crippen LogP) is 5.62. The minimum absolute atomic E-state index is 0.00987. The number of carboxylic acids is 1. The van der Waals surface area contributed by atoms with E-state index in [1.54, 1.807) is 30.3 Å². The number of carboxylic acid groups (broad SMARTS) is 1. The van der Waals surface area contributed by atoms with Crippen LogP contribution < -0.4 is 4.74 Å². The van der Waals surface area contributed by atoms with Gasteiger partial charge in [0.2, 0.25) is 0 Å². The van der Waals surface area contributed by atoms with Crippen LogP contribution in [0.5, 0.6) is 5.75 Å². The third kappa shape index (κ3) is 8.11. The number of carbonyl (C=O) groups excluding carboxylic acids is 1. The third-order valence-electron chi connectivity index (χ3n) is 6.37. The fraction of sp³-hybridized carbons (Fsp3) is 0.462. The Morgan fingerprint density at radius 3 is 2.08 bits per heavy atom. The molecule has 12 heteroatoms. The van der Waals surface area contributed by atoms with E-state index in [2.05, 4.69) is 4.90 Å². The number of aliphatic carboxylic acids is 1. The molecule has 0 radical (unpaired) electrons. The SMILES string of the molecule is O=C(O)C(F)(F)F.O=C(c1ccc(OCc2ccccc2C(F)(F)F)cc1)N1CCCC1CN1CCCC1. The first-order valence-corrected chi connectivity index (χ1v) is 12.1. The van der Waals surface area contributed by atoms with Crippen molar-refractivity contribution < 1.29 is 45.8 Å². The average molecular weight is 547 g/mol. The van der Waals surface area contributed by atoms with Crippen molar-refractivity contribution in [3.8, 4) is 5.75 Å². The summed E-state index contributed by atoms with van der Waals surface area (Å²) >= 11 is 0. The molecule has 38 heavy (non-hydrogen) atoms. The maximum absolute atomic E-state index is 13.1. The van der Waals surface area contributed by atoms with E-state index in [1.165, 1.54) is 25.0 Å². The first kappa shape index (κ1) is 29.3. The molecule has 1 unspecified atom stereocenters. The molecule has 0 aliphatic carbocycles. The quantitative estimate of drug-likeness (QED) is 0.477. The summed E-state index contributed by atoms with van der Waals surface area (Å²) in [5.41, 5.74) is -0.0341. The van der Waals surface area contributed by atoms with Crippen LogP contribution in [-0.2, 0) is 17.6 Å². The average Bonchev–Trinajstić information content (AvgIpc) is 3.55. The molecule has 2 saturated heterocycles. The lowest BCUT2D eigenvalue weighted by molar-refractivity contribution is -0.192. The van der Waals surface area contributed by atoms with E-state index in [9.17, 15) is 31.1 Å². The summed E-state index contributed by atoms with van der Waals surface area (Å²) in [6, 6.07) is 12.3. The number of amides is 1. The highest BCUT2D eigenvalue weighted by molar-refractivity contribution is 5.94. The zero-order chi connectivity index (χ0) is 27.9. The summed E-state index contributed by atoms with van der Waals surface area (Å²) in [6.45, 7) is 3.74. The largest absolute Gasteiger partial charge is 0.490 e. The van der Waals surface area contributed by atoms with Gasteiger partial charge in [-0.15, -0.1) is 0 Å². The van der Waals surface area contributed by atoms with E-state index in [1.807, 2.05) is 4.90 Å². The second kappa shape index (κ2) is 12.5. The number of hydrogen-bond donors (Lipinski definition) is 1. The van der Waals surface area contributed by atoms with Crippen molar-refractivity contribution in [2.24, 2.45) is 0 Å². The van der Waals surface area contributed by atoms with Crippen LogP contribution in [0.15, 0.2) is 48.5 Å². The molecule has 2 aliphatic heterocycles. The number of carbonyl (C=O) groups is 2. The lowest BCUT2D eigenvalue weighted by Gasteiger charge is -2.28. The van der Waals surface area contributed by atoms with Crippen LogP contribution >= 0.6 is 0 Å². The van der Waals surface area contributed by atoms with Crippen molar-refractivity contribution in [2.45, 2.75) is 50.7 Å². The van der Waals surface area contributed by atoms with Crippen molar-refractivity contribution in [1.29, 1.82) is 0 Å². The van der Waals surface area contributed by atoms with E-state index in [0.717, 1.165) is 45.1 Å². The standard InChI is InChI=1S/C24H27F3N2O2.C2HF3O2/c25-24(26,27)22-8-2-1-6-19(22)17-31-21-11-9-18(10-12-21)23(30)29-15-5-7-20(29)16-28-13-3-4-14-28;3-2(4,5)1(6)7/h1-2,6,8-12,20H,3-5,7,13-17H2;(H,6,7). The van der Waals surface area contributed by atoms with Gasteiger partial charge in [-0.05, 0) is 69.1 Å². The van der Waals surface area contributed by atoms with E-state index in [0.29, 0.717) is 11.3 Å². The van der Waals surface area contributed by atoms with Gasteiger partial charge in [0.25, 0.3) is 5.91 Å². The van der Waals surface area contributed by atoms with Gasteiger partial charge in [-0.3, -0.25) is 4.79 Å². The highest BCUT2D eigenvalue weighted by Gasteiger charge is 2.38. The number of hydrogen-bond acceptors (Lipinski definition) is 4. The first-order valence-electron chi connectivity index (χ1n) is 12.1. The Labute approximate surface area is 215 Å². The maximum Gasteiger partial charge on any atom is 0.490 e. The van der Waals surface area contributed by atoms with Crippen LogP contribution in [0.2, 0.25) is 0 Å². The molecule has 208 valence electrons. The van der Waals surface area contributed by atoms with Crippen molar-refractivity contribution in [3.05, 3.63) is 65.2 Å². The maximum atomic E-state index is 13.1. The van der Waals surface area contributed by atoms with Crippen LogP contribution in [0.4, 0.5) is 26.3 Å². The smallest absolute Gasteiger partial charge is 0.489 e. The summed E-state index contributed by atoms with van der Waals surface area (Å²) in [4.78, 5) is 26.3. The molecule has 1 amide bonds. The molecule has 6 nitrogen and oxygen atoms in total. The zero-order valence-electron chi connectivity index (χ0n) is 20.4. The monoisotopic (exact) mass is 546 g/mol. The first-order chi connectivity index (χ1) is 17.9. The molecule has 1 N–H and O–H groups in total. The second-order valence-electron chi connectivity index (χ2n) is 9.07. The van der Waals surface area contributed by atoms with E-state index in [-0.39, 0.29) is 24.1 Å². The van der Waals surface area contributed by atoms with Crippen LogP contribution in [0, 0.1) is 0 Å². The molecule has 2 aromatic rings. The molecular formula is C26H28F6N2O4. The Hall–Kier alpha value is -3.28. The number of alkyl halides is 6. The number of benzene rings is 2. The third-order valence-corrected chi connectivity index (χ3v) is 6.37. The summed E-state index contributed by atoms with van der Waals surface area (Å²) in [5.74, 6) is -2.31. The minimum atomic E-state index is -5.08. The fourth-order valence-corrected chi connectivity index (χ4v) is 4.50. The predicted molar refractivity (Wildman–Crippen MR) is 126 cm³/mol. The number of rotatable bonds is 6. The molecule has 2 aliphatic rings. The summed E-state index contributed by atoms with van der Waals surface area (Å²) < 4.78 is 76.7. The van der Waals surface area contributed by atoms with Crippen molar-refractivity contribution in [3.63, 3.8) is 0 Å². The Balaban J connectivity index is 0.000000505. The van der Waals surface area contributed by atoms with Gasteiger partial charge in [-0.25, -0.2) is 4.79 Å². The van der Waals surface area contributed by atoms with Crippen molar-refractivity contribution in [1.82, 2.24) is 9.80 Å². The van der Waals surface area contributed by atoms with Gasteiger partial charge in [0.1, 0.15) is 12.4 Å². The summed E-state index contributed by atoms with van der Waals surface area (Å²) in [6.07, 6.45) is -4.99. The number of ether oxygens (including phenoxy) is 1. The number of likely N-dealkylation sites (tertiary alicyclic amines) is 2. The van der Waals surface area contributed by atoms with Gasteiger partial charge in [0, 0.05) is 30.3 Å². The van der Waals surface area contributed by atoms with Gasteiger partial charge in [-0.1, -0.05) is 18.2 Å². The van der Waals surface area contributed by atoms with Gasteiger partial charge < -0.3 is 19.6 Å². The van der Waals surface area contributed by atoms with Crippen molar-refractivity contribution >= 4 is 11.9 Å². The van der Waals surface area contributed by atoms with Crippen LogP contribution in [0.3, 0.4) is 0 Å². The van der Waals surface area contributed by atoms with Gasteiger partial charge >= 0.3 is 18.3 Å². The van der Waals surface area contributed by atoms with Gasteiger partial charge in [0.15, 0.2) is 0 Å². The topological polar surface area (TPSA) is 70.1 Å². The van der Waals surface area contributed by atoms with Crippen LogP contribution in [0.1, 0.15) is 47.2 Å². The Morgan fingerprint density at radius 2 is 1.50 bits per heavy atom. The molecule has 4 rings (SSSR count). The molecular weight excluding hydrogens is 518 g/mol. The number of nitrogens with zero attached hydrogens (tertiary/aromatic N) is 2. The number of halogens is 6. The normalized spacial score (nSPS) is 18.2. The van der Waals surface area contributed by atoms with Crippen LogP contribution in [0.25, 0.3) is 0 Å². The van der Waals surface area contributed by atoms with Gasteiger partial charge in [0.05, 0.1) is 5.56 Å². The molecule has 2 heterocycles. The summed E-state index contributed by atoms with van der Waals surface area (Å²) in [5, 5.41) is 7.12. The lowest BCUT2D eigenvalue weighted by atomic mass is 10.1. The Bertz CT molecular complexity index is 1080. The Morgan fingerprint density at radius 1 is 0.895 bits per heavy atom. The highest BCUT2D eigenvalue weighted by Crippen LogP contribution is 2.32. The second-order valence-corrected chi connectivity index (χ2v) is 9.07. The Kier molecular flexibility index (Phi) is 9.64. The minimum Gasteiger partial charge on any atom is -0.489 e. The molecule has 0 aromatic heterocycles.